The second-order valence-corrected chi connectivity index (χ2v) is 10.2. The maximum Gasteiger partial charge on any atom is 0.416 e. The Morgan fingerprint density at radius 1 is 1.14 bits per heavy atom. The van der Waals surface area contributed by atoms with Gasteiger partial charge in [-0.1, -0.05) is 31.2 Å². The molecule has 2 aromatic carbocycles. The molecule has 9 heteroatoms. The lowest BCUT2D eigenvalue weighted by Crippen LogP contribution is -2.81. The summed E-state index contributed by atoms with van der Waals surface area (Å²) >= 11 is 0. The first-order valence-electron chi connectivity index (χ1n) is 11.9. The quantitative estimate of drug-likeness (QED) is 0.395. The number of nitrogens with one attached hydrogen (secondary N) is 1. The third-order valence-corrected chi connectivity index (χ3v) is 8.19. The van der Waals surface area contributed by atoms with Crippen LogP contribution in [0.15, 0.2) is 48.7 Å². The van der Waals surface area contributed by atoms with Crippen LogP contribution in [0.5, 0.6) is 0 Å². The van der Waals surface area contributed by atoms with Crippen molar-refractivity contribution in [1.82, 2.24) is 9.88 Å². The number of carbonyl (C=O) groups excluding carboxylic acids is 1. The molecule has 2 bridgehead atoms. The van der Waals surface area contributed by atoms with Crippen LogP contribution in [0.2, 0.25) is 0 Å². The lowest BCUT2D eigenvalue weighted by atomic mass is 9.32. The van der Waals surface area contributed by atoms with Crippen LogP contribution in [0, 0.1) is 11.3 Å². The van der Waals surface area contributed by atoms with Gasteiger partial charge in [0.25, 0.3) is 5.91 Å². The largest absolute Gasteiger partial charge is 0.481 e. The average molecular weight is 503 g/mol. The second kappa shape index (κ2) is 8.35. The lowest BCUT2D eigenvalue weighted by molar-refractivity contribution is -0.222. The van der Waals surface area contributed by atoms with Crippen molar-refractivity contribution >= 4 is 22.8 Å². The number of fused-ring (bicyclic) bond motifs is 1. The molecule has 3 aliphatic carbocycles. The monoisotopic (exact) mass is 502 g/mol. The van der Waals surface area contributed by atoms with Crippen LogP contribution in [-0.2, 0) is 23.9 Å². The third kappa shape index (κ3) is 3.85. The molecule has 6 rings (SSSR count). The Labute approximate surface area is 205 Å². The van der Waals surface area contributed by atoms with E-state index in [-0.39, 0.29) is 30.2 Å². The fourth-order valence-electron chi connectivity index (χ4n) is 6.26. The number of nitrogens with zero attached hydrogens (tertiary/aromatic N) is 1. The predicted octanol–water partition coefficient (Wildman–Crippen LogP) is 5.59. The van der Waals surface area contributed by atoms with E-state index < -0.39 is 29.9 Å². The zero-order chi connectivity index (χ0) is 25.9. The Bertz CT molecular complexity index is 1340. The first kappa shape index (κ1) is 24.3. The Balaban J connectivity index is 1.45. The number of hydrogen-bond donors (Lipinski definition) is 2. The van der Waals surface area contributed by atoms with Crippen molar-refractivity contribution in [1.29, 1.82) is 0 Å². The number of amides is 1. The molecule has 5 nitrogen and oxygen atoms in total. The highest BCUT2D eigenvalue weighted by Crippen LogP contribution is 2.72. The molecule has 1 atom stereocenters. The van der Waals surface area contributed by atoms with E-state index in [9.17, 15) is 32.3 Å². The molecule has 2 N–H and O–H groups in total. The van der Waals surface area contributed by atoms with E-state index in [0.717, 1.165) is 17.7 Å². The first-order chi connectivity index (χ1) is 17.0. The number of rotatable bonds is 8. The van der Waals surface area contributed by atoms with Gasteiger partial charge in [0.1, 0.15) is 6.67 Å². The van der Waals surface area contributed by atoms with E-state index in [2.05, 4.69) is 5.32 Å². The highest BCUT2D eigenvalue weighted by Gasteiger charge is 2.74. The Morgan fingerprint density at radius 3 is 2.42 bits per heavy atom. The van der Waals surface area contributed by atoms with E-state index in [1.165, 1.54) is 12.1 Å². The fourth-order valence-corrected chi connectivity index (χ4v) is 6.26. The smallest absolute Gasteiger partial charge is 0.416 e. The zero-order valence-corrected chi connectivity index (χ0v) is 19.7. The molecular weight excluding hydrogens is 476 g/mol. The van der Waals surface area contributed by atoms with Gasteiger partial charge in [-0.15, -0.1) is 0 Å². The number of halogens is 4. The highest BCUT2D eigenvalue weighted by atomic mass is 19.4. The molecular formula is C27H26F4N2O3. The fraction of sp³-hybridized carbons (Fsp3) is 0.407. The number of aryl methyl sites for hydroxylation is 1. The number of hydrogen-bond acceptors (Lipinski definition) is 2. The molecule has 0 unspecified atom stereocenters. The van der Waals surface area contributed by atoms with Crippen molar-refractivity contribution in [2.75, 3.05) is 6.67 Å². The van der Waals surface area contributed by atoms with Gasteiger partial charge in [0.2, 0.25) is 0 Å². The van der Waals surface area contributed by atoms with Crippen LogP contribution in [0.3, 0.4) is 0 Å². The number of carbonyl (C=O) groups is 2. The molecule has 0 spiro atoms. The van der Waals surface area contributed by atoms with Gasteiger partial charge in [-0.05, 0) is 59.9 Å². The summed E-state index contributed by atoms with van der Waals surface area (Å²) in [7, 11) is 0. The standard InChI is InChI=1S/C27H26F4N2O3/c1-16-25(12-22(34)35)14-26(16,15-25)32-24(36)20-13-33(10-9-28)21-4-2-3-18(23(20)21)11-17-5-7-19(8-6-17)27(29,30)31/h2-8,13,16H,9-12,14-15H2,1H3,(H,32,36)(H,34,35)/t16-,25?,26?/m0/s1. The second-order valence-electron chi connectivity index (χ2n) is 10.2. The molecule has 0 radical (unpaired) electrons. The Hall–Kier alpha value is -3.36. The maximum atomic E-state index is 13.5. The molecule has 36 heavy (non-hydrogen) atoms. The third-order valence-electron chi connectivity index (χ3n) is 8.19. The topological polar surface area (TPSA) is 71.3 Å². The molecule has 3 saturated carbocycles. The first-order valence-corrected chi connectivity index (χ1v) is 11.9. The zero-order valence-electron chi connectivity index (χ0n) is 19.7. The van der Waals surface area contributed by atoms with Gasteiger partial charge >= 0.3 is 12.1 Å². The molecule has 190 valence electrons. The number of aromatic nitrogens is 1. The van der Waals surface area contributed by atoms with Gasteiger partial charge in [-0.25, -0.2) is 4.39 Å². The molecule has 3 aliphatic rings. The molecule has 3 aromatic rings. The van der Waals surface area contributed by atoms with Gasteiger partial charge in [0.15, 0.2) is 0 Å². The summed E-state index contributed by atoms with van der Waals surface area (Å²) in [5.41, 5.74) is 1.03. The number of carboxylic acids is 1. The highest BCUT2D eigenvalue weighted by molar-refractivity contribution is 6.08. The van der Waals surface area contributed by atoms with Gasteiger partial charge in [0, 0.05) is 22.6 Å². The minimum atomic E-state index is -4.42. The van der Waals surface area contributed by atoms with Crippen molar-refractivity contribution in [2.45, 2.75) is 50.9 Å². The van der Waals surface area contributed by atoms with Crippen molar-refractivity contribution in [3.8, 4) is 0 Å². The van der Waals surface area contributed by atoms with Crippen molar-refractivity contribution in [3.05, 3.63) is 70.9 Å². The summed E-state index contributed by atoms with van der Waals surface area (Å²) in [5.74, 6) is -1.12. The predicted molar refractivity (Wildman–Crippen MR) is 125 cm³/mol. The van der Waals surface area contributed by atoms with Crippen LogP contribution in [-0.4, -0.2) is 33.8 Å². The normalized spacial score (nSPS) is 24.8. The molecule has 1 aromatic heterocycles. The van der Waals surface area contributed by atoms with Crippen molar-refractivity contribution in [2.24, 2.45) is 11.3 Å². The summed E-state index contributed by atoms with van der Waals surface area (Å²) in [4.78, 5) is 24.7. The maximum absolute atomic E-state index is 13.5. The van der Waals surface area contributed by atoms with Gasteiger partial charge in [0.05, 0.1) is 24.1 Å². The Morgan fingerprint density at radius 2 is 1.83 bits per heavy atom. The molecule has 1 heterocycles. The summed E-state index contributed by atoms with van der Waals surface area (Å²) in [6.45, 7) is 1.40. The minimum Gasteiger partial charge on any atom is -0.481 e. The van der Waals surface area contributed by atoms with Crippen LogP contribution >= 0.6 is 0 Å². The minimum absolute atomic E-state index is 0.0378. The summed E-state index contributed by atoms with van der Waals surface area (Å²) in [6.07, 6.45) is -1.19. The van der Waals surface area contributed by atoms with Crippen molar-refractivity contribution in [3.63, 3.8) is 0 Å². The van der Waals surface area contributed by atoms with Crippen LogP contribution < -0.4 is 5.32 Å². The summed E-state index contributed by atoms with van der Waals surface area (Å²) in [5, 5.41) is 13.0. The molecule has 1 amide bonds. The molecule has 3 fully saturated rings. The van der Waals surface area contributed by atoms with Crippen LogP contribution in [0.4, 0.5) is 17.6 Å². The SMILES string of the molecule is C[C@H]1C2(CC(=O)O)CC1(NC(=O)c1cn(CCF)c3cccc(Cc4ccc(C(F)(F)F)cc4)c13)C2. The van der Waals surface area contributed by atoms with Crippen LogP contribution in [0.1, 0.15) is 53.2 Å². The van der Waals surface area contributed by atoms with E-state index in [1.54, 1.807) is 22.9 Å². The summed E-state index contributed by atoms with van der Waals surface area (Å²) in [6, 6.07) is 10.3. The van der Waals surface area contributed by atoms with Gasteiger partial charge in [-0.2, -0.15) is 13.2 Å². The lowest BCUT2D eigenvalue weighted by Gasteiger charge is -2.75. The summed E-state index contributed by atoms with van der Waals surface area (Å²) < 4.78 is 53.8. The van der Waals surface area contributed by atoms with Gasteiger partial charge in [-0.3, -0.25) is 9.59 Å². The van der Waals surface area contributed by atoms with E-state index in [1.807, 2.05) is 13.0 Å². The number of aliphatic carboxylic acids is 1. The Kier molecular flexibility index (Phi) is 5.65. The van der Waals surface area contributed by atoms with Crippen LogP contribution in [0.25, 0.3) is 10.9 Å². The molecule has 0 saturated heterocycles. The van der Waals surface area contributed by atoms with Gasteiger partial charge < -0.3 is 15.0 Å². The van der Waals surface area contributed by atoms with E-state index >= 15 is 0 Å². The van der Waals surface area contributed by atoms with E-state index in [4.69, 9.17) is 0 Å². The van der Waals surface area contributed by atoms with Crippen molar-refractivity contribution < 1.29 is 32.3 Å². The molecule has 0 aliphatic heterocycles. The number of alkyl halides is 4. The number of benzene rings is 2. The average Bonchev–Trinajstić information content (AvgIpc) is 3.17. The number of carboxylic acid groups (broad SMARTS) is 1. The van der Waals surface area contributed by atoms with E-state index in [0.29, 0.717) is 41.3 Å².